The molecule has 0 atom stereocenters. The van der Waals surface area contributed by atoms with Gasteiger partial charge in [0.15, 0.2) is 0 Å². The van der Waals surface area contributed by atoms with Crippen molar-refractivity contribution in [1.82, 2.24) is 14.5 Å². The predicted molar refractivity (Wildman–Crippen MR) is 162 cm³/mol. The Balaban J connectivity index is 1.42. The number of aromatic nitrogens is 3. The third-order valence-electron chi connectivity index (χ3n) is 7.31. The van der Waals surface area contributed by atoms with E-state index in [2.05, 4.69) is 65.2 Å². The Morgan fingerprint density at radius 2 is 1.00 bits per heavy atom. The van der Waals surface area contributed by atoms with E-state index in [1.54, 1.807) is 6.07 Å². The quantitative estimate of drug-likeness (QED) is 0.232. The van der Waals surface area contributed by atoms with Gasteiger partial charge >= 0.3 is 0 Å². The van der Waals surface area contributed by atoms with Crippen LogP contribution in [0.5, 0.6) is 0 Å². The SMILES string of the molecule is N#Cc1ccc(-c2ccc(-c3cc(-c4cccc(C#N)c4)nc(-n4c5ccccc5c5ccccc54)n3)cc2)cc1. The Morgan fingerprint density at radius 3 is 1.61 bits per heavy atom. The summed E-state index contributed by atoms with van der Waals surface area (Å²) in [6.07, 6.45) is 0. The van der Waals surface area contributed by atoms with E-state index in [4.69, 9.17) is 15.2 Å². The van der Waals surface area contributed by atoms with Gasteiger partial charge in [-0.15, -0.1) is 0 Å². The van der Waals surface area contributed by atoms with Crippen molar-refractivity contribution >= 4 is 21.8 Å². The Labute approximate surface area is 236 Å². The molecule has 0 fully saturated rings. The molecule has 2 heterocycles. The topological polar surface area (TPSA) is 78.3 Å². The highest BCUT2D eigenvalue weighted by Gasteiger charge is 2.16. The molecule has 5 aromatic carbocycles. The van der Waals surface area contributed by atoms with Crippen LogP contribution in [0.4, 0.5) is 0 Å². The van der Waals surface area contributed by atoms with Crippen molar-refractivity contribution in [3.05, 3.63) is 139 Å². The first-order valence-corrected chi connectivity index (χ1v) is 13.2. The summed E-state index contributed by atoms with van der Waals surface area (Å²) < 4.78 is 2.11. The van der Waals surface area contributed by atoms with Gasteiger partial charge in [0.2, 0.25) is 5.95 Å². The van der Waals surface area contributed by atoms with Crippen molar-refractivity contribution < 1.29 is 0 Å². The van der Waals surface area contributed by atoms with Crippen molar-refractivity contribution in [1.29, 1.82) is 10.5 Å². The van der Waals surface area contributed by atoms with Crippen LogP contribution in [-0.2, 0) is 0 Å². The summed E-state index contributed by atoms with van der Waals surface area (Å²) in [6, 6.07) is 46.3. The zero-order valence-electron chi connectivity index (χ0n) is 21.9. The zero-order valence-corrected chi connectivity index (χ0v) is 21.9. The van der Waals surface area contributed by atoms with Gasteiger partial charge in [-0.1, -0.05) is 84.9 Å². The van der Waals surface area contributed by atoms with Crippen LogP contribution in [0.25, 0.3) is 61.4 Å². The van der Waals surface area contributed by atoms with Crippen LogP contribution in [0, 0.1) is 22.7 Å². The fourth-order valence-corrected chi connectivity index (χ4v) is 5.29. The van der Waals surface area contributed by atoms with Crippen molar-refractivity contribution in [2.45, 2.75) is 0 Å². The van der Waals surface area contributed by atoms with Gasteiger partial charge < -0.3 is 0 Å². The Bertz CT molecular complexity index is 2110. The van der Waals surface area contributed by atoms with Crippen molar-refractivity contribution in [3.8, 4) is 51.7 Å². The Hall–Kier alpha value is -6.04. The summed E-state index contributed by atoms with van der Waals surface area (Å²) in [7, 11) is 0. The zero-order chi connectivity index (χ0) is 27.8. The van der Waals surface area contributed by atoms with Gasteiger partial charge in [-0.3, -0.25) is 4.57 Å². The second-order valence-corrected chi connectivity index (χ2v) is 9.77. The van der Waals surface area contributed by atoms with Gasteiger partial charge in [0.1, 0.15) is 0 Å². The minimum atomic E-state index is 0.563. The number of nitriles is 2. The van der Waals surface area contributed by atoms with E-state index in [0.717, 1.165) is 55.4 Å². The molecule has 5 heteroatoms. The summed E-state index contributed by atoms with van der Waals surface area (Å²) in [5, 5.41) is 20.9. The van der Waals surface area contributed by atoms with Gasteiger partial charge in [-0.05, 0) is 53.6 Å². The lowest BCUT2D eigenvalue weighted by molar-refractivity contribution is 0.995. The molecule has 7 aromatic rings. The molecule has 0 bridgehead atoms. The number of nitrogens with zero attached hydrogens (tertiary/aromatic N) is 5. The molecule has 0 unspecified atom stereocenters. The summed E-state index contributed by atoms with van der Waals surface area (Å²) >= 11 is 0. The van der Waals surface area contributed by atoms with Gasteiger partial charge in [0.05, 0.1) is 45.7 Å². The summed E-state index contributed by atoms with van der Waals surface area (Å²) in [5.41, 5.74) is 8.67. The van der Waals surface area contributed by atoms with Crippen molar-refractivity contribution in [2.75, 3.05) is 0 Å². The Morgan fingerprint density at radius 1 is 0.463 bits per heavy atom. The van der Waals surface area contributed by atoms with Crippen molar-refractivity contribution in [3.63, 3.8) is 0 Å². The fourth-order valence-electron chi connectivity index (χ4n) is 5.29. The molecular formula is C36H21N5. The predicted octanol–water partition coefficient (Wildman–Crippen LogP) is 8.32. The number of hydrogen-bond acceptors (Lipinski definition) is 4. The van der Waals surface area contributed by atoms with Crippen LogP contribution in [0.15, 0.2) is 127 Å². The van der Waals surface area contributed by atoms with Gasteiger partial charge in [0.25, 0.3) is 0 Å². The van der Waals surface area contributed by atoms with Crippen LogP contribution < -0.4 is 0 Å². The maximum atomic E-state index is 9.53. The number of benzene rings is 5. The van der Waals surface area contributed by atoms with E-state index >= 15 is 0 Å². The summed E-state index contributed by atoms with van der Waals surface area (Å²) in [5.74, 6) is 0.563. The lowest BCUT2D eigenvalue weighted by Gasteiger charge is -2.12. The average Bonchev–Trinajstić information content (AvgIpc) is 3.39. The highest BCUT2D eigenvalue weighted by Crippen LogP contribution is 2.33. The van der Waals surface area contributed by atoms with E-state index in [0.29, 0.717) is 17.1 Å². The molecular weight excluding hydrogens is 502 g/mol. The van der Waals surface area contributed by atoms with E-state index in [1.807, 2.05) is 72.8 Å². The maximum absolute atomic E-state index is 9.53. The van der Waals surface area contributed by atoms with Crippen LogP contribution in [0.2, 0.25) is 0 Å². The van der Waals surface area contributed by atoms with Crippen LogP contribution in [0.1, 0.15) is 11.1 Å². The molecule has 0 aliphatic heterocycles. The first-order chi connectivity index (χ1) is 20.2. The molecule has 0 aliphatic rings. The first-order valence-electron chi connectivity index (χ1n) is 13.2. The normalized spacial score (nSPS) is 10.9. The average molecular weight is 524 g/mol. The molecule has 0 saturated heterocycles. The van der Waals surface area contributed by atoms with Crippen LogP contribution in [-0.4, -0.2) is 14.5 Å². The van der Waals surface area contributed by atoms with E-state index in [9.17, 15) is 5.26 Å². The molecule has 0 N–H and O–H groups in total. The smallest absolute Gasteiger partial charge is 0.235 e. The summed E-state index contributed by atoms with van der Waals surface area (Å²) in [4.78, 5) is 10.1. The highest BCUT2D eigenvalue weighted by molar-refractivity contribution is 6.09. The molecule has 0 radical (unpaired) electrons. The number of rotatable bonds is 4. The molecule has 41 heavy (non-hydrogen) atoms. The highest BCUT2D eigenvalue weighted by atomic mass is 15.2. The first kappa shape index (κ1) is 24.0. The molecule has 0 amide bonds. The van der Waals surface area contributed by atoms with E-state index < -0.39 is 0 Å². The van der Waals surface area contributed by atoms with Gasteiger partial charge in [0, 0.05) is 21.9 Å². The fraction of sp³-hybridized carbons (Fsp3) is 0. The monoisotopic (exact) mass is 523 g/mol. The minimum absolute atomic E-state index is 0.563. The summed E-state index contributed by atoms with van der Waals surface area (Å²) in [6.45, 7) is 0. The Kier molecular flexibility index (Phi) is 5.82. The number of para-hydroxylation sites is 2. The minimum Gasteiger partial charge on any atom is -0.278 e. The van der Waals surface area contributed by atoms with Crippen molar-refractivity contribution in [2.24, 2.45) is 0 Å². The lowest BCUT2D eigenvalue weighted by atomic mass is 10.0. The second kappa shape index (κ2) is 9.93. The molecule has 190 valence electrons. The number of hydrogen-bond donors (Lipinski definition) is 0. The number of fused-ring (bicyclic) bond motifs is 3. The third kappa shape index (κ3) is 4.29. The van der Waals surface area contributed by atoms with Gasteiger partial charge in [-0.2, -0.15) is 10.5 Å². The maximum Gasteiger partial charge on any atom is 0.235 e. The molecule has 0 saturated carbocycles. The van der Waals surface area contributed by atoms with Crippen LogP contribution in [0.3, 0.4) is 0 Å². The van der Waals surface area contributed by atoms with E-state index in [1.165, 1.54) is 0 Å². The molecule has 5 nitrogen and oxygen atoms in total. The van der Waals surface area contributed by atoms with E-state index in [-0.39, 0.29) is 0 Å². The van der Waals surface area contributed by atoms with Gasteiger partial charge in [-0.25, -0.2) is 9.97 Å². The molecule has 7 rings (SSSR count). The second-order valence-electron chi connectivity index (χ2n) is 9.77. The van der Waals surface area contributed by atoms with Crippen LogP contribution >= 0.6 is 0 Å². The molecule has 0 spiro atoms. The largest absolute Gasteiger partial charge is 0.278 e. The third-order valence-corrected chi connectivity index (χ3v) is 7.31. The lowest BCUT2D eigenvalue weighted by Crippen LogP contribution is -2.04. The molecule has 0 aliphatic carbocycles. The molecule has 2 aromatic heterocycles. The standard InChI is InChI=1S/C36H21N5/c37-22-24-12-14-26(15-13-24)27-16-18-28(19-17-27)32-21-33(29-7-5-6-25(20-29)23-38)40-36(39-32)41-34-10-3-1-8-30(34)31-9-2-4-11-35(31)41/h1-21H.